The molecule has 0 bridgehead atoms. The van der Waals surface area contributed by atoms with Crippen molar-refractivity contribution < 1.29 is 4.74 Å². The normalized spacial score (nSPS) is 33.2. The van der Waals surface area contributed by atoms with Gasteiger partial charge in [0.2, 0.25) is 0 Å². The van der Waals surface area contributed by atoms with E-state index in [9.17, 15) is 0 Å². The summed E-state index contributed by atoms with van der Waals surface area (Å²) in [5.74, 6) is 1.65. The first-order valence-electron chi connectivity index (χ1n) is 5.10. The lowest BCUT2D eigenvalue weighted by Crippen LogP contribution is -2.46. The van der Waals surface area contributed by atoms with Crippen molar-refractivity contribution in [3.63, 3.8) is 0 Å². The van der Waals surface area contributed by atoms with Crippen LogP contribution in [0.2, 0.25) is 0 Å². The van der Waals surface area contributed by atoms with E-state index in [0.717, 1.165) is 25.4 Å². The van der Waals surface area contributed by atoms with Crippen LogP contribution in [0.25, 0.3) is 0 Å². The Morgan fingerprint density at radius 2 is 1.92 bits per heavy atom. The first-order chi connectivity index (χ1) is 6.11. The molecule has 3 heteroatoms. The fraction of sp³-hybridized carbons (Fsp3) is 1.00. The van der Waals surface area contributed by atoms with E-state index in [1.807, 2.05) is 0 Å². The number of hydrogen-bond donors (Lipinski definition) is 1. The molecule has 0 aromatic rings. The molecule has 3 atom stereocenters. The number of morpholine rings is 1. The third kappa shape index (κ3) is 3.88. The van der Waals surface area contributed by atoms with Gasteiger partial charge in [-0.25, -0.2) is 0 Å². The molecule has 1 rings (SSSR count). The Morgan fingerprint density at radius 1 is 1.38 bits per heavy atom. The van der Waals surface area contributed by atoms with Crippen LogP contribution in [0.3, 0.4) is 0 Å². The van der Waals surface area contributed by atoms with E-state index in [0.29, 0.717) is 18.1 Å². The Balaban J connectivity index is 2.32. The summed E-state index contributed by atoms with van der Waals surface area (Å²) in [5, 5.41) is 0. The van der Waals surface area contributed by atoms with E-state index in [1.165, 1.54) is 0 Å². The predicted molar refractivity (Wildman–Crippen MR) is 59.5 cm³/mol. The zero-order valence-corrected chi connectivity index (χ0v) is 9.76. The fourth-order valence-electron chi connectivity index (χ4n) is 1.93. The van der Waals surface area contributed by atoms with Gasteiger partial charge < -0.3 is 4.74 Å². The van der Waals surface area contributed by atoms with E-state index >= 15 is 0 Å². The summed E-state index contributed by atoms with van der Waals surface area (Å²) in [5.41, 5.74) is 0. The maximum Gasteiger partial charge on any atom is 0.0678 e. The Labute approximate surface area is 87.0 Å². The summed E-state index contributed by atoms with van der Waals surface area (Å²) in [7, 11) is 0. The van der Waals surface area contributed by atoms with Crippen LogP contribution in [0.4, 0.5) is 0 Å². The fourth-order valence-corrected chi connectivity index (χ4v) is 2.05. The third-order valence-corrected chi connectivity index (χ3v) is 3.00. The van der Waals surface area contributed by atoms with Gasteiger partial charge in [0.1, 0.15) is 0 Å². The molecule has 0 amide bonds. The molecule has 1 saturated heterocycles. The second kappa shape index (κ2) is 5.23. The van der Waals surface area contributed by atoms with E-state index in [1.54, 1.807) is 0 Å². The number of thiol groups is 1. The minimum atomic E-state index is 0.385. The predicted octanol–water partition coefficient (Wildman–Crippen LogP) is 1.66. The van der Waals surface area contributed by atoms with Crippen LogP contribution in [0.15, 0.2) is 0 Å². The Bertz CT molecular complexity index is 144. The van der Waals surface area contributed by atoms with Gasteiger partial charge in [0.25, 0.3) is 0 Å². The quantitative estimate of drug-likeness (QED) is 0.700. The molecule has 78 valence electrons. The third-order valence-electron chi connectivity index (χ3n) is 2.38. The smallest absolute Gasteiger partial charge is 0.0678 e. The Hall–Kier alpha value is 0.270. The maximum absolute atomic E-state index is 5.67. The van der Waals surface area contributed by atoms with Crippen molar-refractivity contribution in [2.45, 2.75) is 33.0 Å². The van der Waals surface area contributed by atoms with Crippen LogP contribution < -0.4 is 0 Å². The molecular formula is C10H21NOS. The van der Waals surface area contributed by atoms with E-state index in [2.05, 4.69) is 38.3 Å². The highest BCUT2D eigenvalue weighted by Gasteiger charge is 2.22. The molecule has 0 radical (unpaired) electrons. The number of nitrogens with zero attached hydrogens (tertiary/aromatic N) is 1. The van der Waals surface area contributed by atoms with Crippen molar-refractivity contribution >= 4 is 12.6 Å². The van der Waals surface area contributed by atoms with Gasteiger partial charge in [-0.3, -0.25) is 4.90 Å². The lowest BCUT2D eigenvalue weighted by atomic mass is 10.1. The SMILES string of the molecule is CC(CS)CN1C[C@@H](C)O[C@@H](C)C1. The van der Waals surface area contributed by atoms with E-state index < -0.39 is 0 Å². The first-order valence-corrected chi connectivity index (χ1v) is 5.73. The molecule has 1 aliphatic heterocycles. The van der Waals surface area contributed by atoms with Crippen molar-refractivity contribution in [3.05, 3.63) is 0 Å². The van der Waals surface area contributed by atoms with Crippen molar-refractivity contribution in [1.29, 1.82) is 0 Å². The van der Waals surface area contributed by atoms with Gasteiger partial charge in [-0.15, -0.1) is 0 Å². The highest BCUT2D eigenvalue weighted by atomic mass is 32.1. The van der Waals surface area contributed by atoms with Crippen LogP contribution in [-0.4, -0.2) is 42.5 Å². The summed E-state index contributed by atoms with van der Waals surface area (Å²) in [6.07, 6.45) is 0.770. The van der Waals surface area contributed by atoms with Crippen LogP contribution in [0, 0.1) is 5.92 Å². The van der Waals surface area contributed by atoms with Gasteiger partial charge >= 0.3 is 0 Å². The summed E-state index contributed by atoms with van der Waals surface area (Å²) < 4.78 is 5.67. The van der Waals surface area contributed by atoms with Crippen LogP contribution in [0.1, 0.15) is 20.8 Å². The molecule has 0 N–H and O–H groups in total. The zero-order chi connectivity index (χ0) is 9.84. The van der Waals surface area contributed by atoms with Gasteiger partial charge in [0, 0.05) is 19.6 Å². The minimum absolute atomic E-state index is 0.385. The number of hydrogen-bond acceptors (Lipinski definition) is 3. The monoisotopic (exact) mass is 203 g/mol. The van der Waals surface area contributed by atoms with Crippen molar-refractivity contribution in [1.82, 2.24) is 4.90 Å². The molecule has 0 aliphatic carbocycles. The minimum Gasteiger partial charge on any atom is -0.373 e. The summed E-state index contributed by atoms with van der Waals surface area (Å²) in [6.45, 7) is 9.84. The Kier molecular flexibility index (Phi) is 4.56. The second-order valence-electron chi connectivity index (χ2n) is 4.26. The largest absolute Gasteiger partial charge is 0.373 e. The molecule has 1 heterocycles. The standard InChI is InChI=1S/C10H21NOS/c1-8(7-13)4-11-5-9(2)12-10(3)6-11/h8-10,13H,4-7H2,1-3H3/t8?,9-,10+. The number of rotatable bonds is 3. The average molecular weight is 203 g/mol. The van der Waals surface area contributed by atoms with Gasteiger partial charge in [0.05, 0.1) is 12.2 Å². The lowest BCUT2D eigenvalue weighted by molar-refractivity contribution is -0.0702. The molecule has 0 aromatic heterocycles. The maximum atomic E-state index is 5.67. The molecule has 0 spiro atoms. The number of ether oxygens (including phenoxy) is 1. The molecule has 2 nitrogen and oxygen atoms in total. The first kappa shape index (κ1) is 11.3. The topological polar surface area (TPSA) is 12.5 Å². The van der Waals surface area contributed by atoms with Gasteiger partial charge in [-0.1, -0.05) is 6.92 Å². The lowest BCUT2D eigenvalue weighted by Gasteiger charge is -2.36. The molecule has 0 saturated carbocycles. The molecule has 13 heavy (non-hydrogen) atoms. The van der Waals surface area contributed by atoms with Crippen LogP contribution in [-0.2, 0) is 4.74 Å². The van der Waals surface area contributed by atoms with Crippen molar-refractivity contribution in [2.24, 2.45) is 5.92 Å². The van der Waals surface area contributed by atoms with Gasteiger partial charge in [0.15, 0.2) is 0 Å². The van der Waals surface area contributed by atoms with Crippen LogP contribution >= 0.6 is 12.6 Å². The molecule has 1 fully saturated rings. The molecular weight excluding hydrogens is 182 g/mol. The van der Waals surface area contributed by atoms with Crippen LogP contribution in [0.5, 0.6) is 0 Å². The second-order valence-corrected chi connectivity index (χ2v) is 4.63. The van der Waals surface area contributed by atoms with Gasteiger partial charge in [-0.2, -0.15) is 12.6 Å². The molecule has 0 aromatic carbocycles. The summed E-state index contributed by atoms with van der Waals surface area (Å²) in [6, 6.07) is 0. The summed E-state index contributed by atoms with van der Waals surface area (Å²) in [4.78, 5) is 2.49. The van der Waals surface area contributed by atoms with Crippen molar-refractivity contribution in [3.8, 4) is 0 Å². The van der Waals surface area contributed by atoms with E-state index in [4.69, 9.17) is 4.74 Å². The Morgan fingerprint density at radius 3 is 2.38 bits per heavy atom. The van der Waals surface area contributed by atoms with Crippen molar-refractivity contribution in [2.75, 3.05) is 25.4 Å². The summed E-state index contributed by atoms with van der Waals surface area (Å²) >= 11 is 4.30. The van der Waals surface area contributed by atoms with E-state index in [-0.39, 0.29) is 0 Å². The highest BCUT2D eigenvalue weighted by Crippen LogP contribution is 2.12. The average Bonchev–Trinajstić information content (AvgIpc) is 2.02. The highest BCUT2D eigenvalue weighted by molar-refractivity contribution is 7.80. The zero-order valence-electron chi connectivity index (χ0n) is 8.86. The molecule has 1 aliphatic rings. The molecule has 1 unspecified atom stereocenters. The van der Waals surface area contributed by atoms with Gasteiger partial charge in [-0.05, 0) is 25.5 Å².